The molecule has 1 rings (SSSR count). The smallest absolute Gasteiger partial charge is 0.152 e. The Labute approximate surface area is 88.8 Å². The molecule has 0 spiro atoms. The summed E-state index contributed by atoms with van der Waals surface area (Å²) in [7, 11) is 3.72. The van der Waals surface area contributed by atoms with Gasteiger partial charge in [-0.25, -0.2) is 0 Å². The number of allylic oxidation sites excluding steroid dienone is 1. The molecule has 0 saturated carbocycles. The molecule has 1 aromatic carbocycles. The van der Waals surface area contributed by atoms with Gasteiger partial charge in [-0.2, -0.15) is 0 Å². The first kappa shape index (κ1) is 10.8. The largest absolute Gasteiger partial charge is 0.383 e. The Kier molecular flexibility index (Phi) is 3.72. The lowest BCUT2D eigenvalue weighted by molar-refractivity contribution is -0.103. The minimum absolute atomic E-state index is 0.584. The van der Waals surface area contributed by atoms with Crippen LogP contribution in [0.1, 0.15) is 5.56 Å². The SMILES string of the molecule is CN(C)/C=C(\C=O)c1ccccc1Cl. The molecule has 0 N–H and O–H groups in total. The Balaban J connectivity index is 3.13. The molecule has 0 aliphatic heterocycles. The minimum Gasteiger partial charge on any atom is -0.383 e. The molecule has 0 heterocycles. The Morgan fingerprint density at radius 2 is 2.00 bits per heavy atom. The second-order valence-corrected chi connectivity index (χ2v) is 3.55. The van der Waals surface area contributed by atoms with Crippen LogP contribution >= 0.6 is 11.6 Å². The predicted octanol–water partition coefficient (Wildman–Crippen LogP) is 2.44. The van der Waals surface area contributed by atoms with E-state index in [9.17, 15) is 4.79 Å². The summed E-state index contributed by atoms with van der Waals surface area (Å²) in [5.74, 6) is 0. The highest BCUT2D eigenvalue weighted by atomic mass is 35.5. The number of nitrogens with zero attached hydrogens (tertiary/aromatic N) is 1. The molecule has 74 valence electrons. The van der Waals surface area contributed by atoms with E-state index in [1.54, 1.807) is 12.3 Å². The molecule has 3 heteroatoms. The monoisotopic (exact) mass is 209 g/mol. The zero-order valence-corrected chi connectivity index (χ0v) is 8.95. The van der Waals surface area contributed by atoms with Crippen LogP contribution in [0.15, 0.2) is 30.5 Å². The van der Waals surface area contributed by atoms with Crippen LogP contribution in [-0.2, 0) is 4.79 Å². The fourth-order valence-electron chi connectivity index (χ4n) is 1.14. The van der Waals surface area contributed by atoms with E-state index in [0.717, 1.165) is 11.8 Å². The van der Waals surface area contributed by atoms with Crippen molar-refractivity contribution in [1.82, 2.24) is 4.90 Å². The fraction of sp³-hybridized carbons (Fsp3) is 0.182. The molecule has 1 aromatic rings. The van der Waals surface area contributed by atoms with Crippen LogP contribution in [0.3, 0.4) is 0 Å². The van der Waals surface area contributed by atoms with Crippen molar-refractivity contribution in [1.29, 1.82) is 0 Å². The zero-order chi connectivity index (χ0) is 10.6. The Morgan fingerprint density at radius 3 is 2.50 bits per heavy atom. The number of aldehydes is 1. The van der Waals surface area contributed by atoms with Gasteiger partial charge in [0.2, 0.25) is 0 Å². The van der Waals surface area contributed by atoms with Crippen LogP contribution in [-0.4, -0.2) is 25.3 Å². The van der Waals surface area contributed by atoms with Crippen LogP contribution in [0.2, 0.25) is 5.02 Å². The van der Waals surface area contributed by atoms with Crippen LogP contribution in [0.25, 0.3) is 5.57 Å². The van der Waals surface area contributed by atoms with E-state index in [0.29, 0.717) is 10.6 Å². The summed E-state index contributed by atoms with van der Waals surface area (Å²) in [4.78, 5) is 12.7. The minimum atomic E-state index is 0.584. The molecule has 0 aromatic heterocycles. The average molecular weight is 210 g/mol. The number of benzene rings is 1. The third kappa shape index (κ3) is 2.60. The highest BCUT2D eigenvalue weighted by molar-refractivity contribution is 6.33. The third-order valence-electron chi connectivity index (χ3n) is 1.71. The van der Waals surface area contributed by atoms with Gasteiger partial charge in [0.25, 0.3) is 0 Å². The van der Waals surface area contributed by atoms with E-state index >= 15 is 0 Å². The Morgan fingerprint density at radius 1 is 1.36 bits per heavy atom. The second-order valence-electron chi connectivity index (χ2n) is 3.15. The van der Waals surface area contributed by atoms with Gasteiger partial charge in [-0.1, -0.05) is 29.8 Å². The molecule has 0 radical (unpaired) electrons. The topological polar surface area (TPSA) is 20.3 Å². The van der Waals surface area contributed by atoms with Crippen molar-refractivity contribution in [2.45, 2.75) is 0 Å². The first-order valence-corrected chi connectivity index (χ1v) is 4.61. The molecule has 0 amide bonds. The van der Waals surface area contributed by atoms with Crippen LogP contribution in [0.4, 0.5) is 0 Å². The quantitative estimate of drug-likeness (QED) is 0.563. The average Bonchev–Trinajstić information content (AvgIpc) is 2.15. The highest BCUT2D eigenvalue weighted by Gasteiger charge is 2.04. The summed E-state index contributed by atoms with van der Waals surface area (Å²) >= 11 is 5.96. The van der Waals surface area contributed by atoms with Crippen molar-refractivity contribution in [3.05, 3.63) is 41.1 Å². The maximum Gasteiger partial charge on any atom is 0.152 e. The molecule has 0 saturated heterocycles. The summed E-state index contributed by atoms with van der Waals surface area (Å²) in [5.41, 5.74) is 1.35. The van der Waals surface area contributed by atoms with Gasteiger partial charge < -0.3 is 4.90 Å². The van der Waals surface area contributed by atoms with Crippen molar-refractivity contribution in [2.24, 2.45) is 0 Å². The predicted molar refractivity (Wildman–Crippen MR) is 59.2 cm³/mol. The number of halogens is 1. The zero-order valence-electron chi connectivity index (χ0n) is 8.20. The Hall–Kier alpha value is -1.28. The van der Waals surface area contributed by atoms with Crippen molar-refractivity contribution >= 4 is 23.5 Å². The van der Waals surface area contributed by atoms with Gasteiger partial charge >= 0.3 is 0 Å². The molecule has 14 heavy (non-hydrogen) atoms. The third-order valence-corrected chi connectivity index (χ3v) is 2.04. The first-order valence-electron chi connectivity index (χ1n) is 4.23. The molecule has 0 fully saturated rings. The number of carbonyl (C=O) groups excluding carboxylic acids is 1. The van der Waals surface area contributed by atoms with Crippen molar-refractivity contribution in [3.63, 3.8) is 0 Å². The number of hydrogen-bond acceptors (Lipinski definition) is 2. The summed E-state index contributed by atoms with van der Waals surface area (Å²) in [6.07, 6.45) is 2.55. The maximum absolute atomic E-state index is 10.8. The molecule has 0 bridgehead atoms. The molecular formula is C11H12ClNO. The van der Waals surface area contributed by atoms with E-state index in [2.05, 4.69) is 0 Å². The van der Waals surface area contributed by atoms with Gasteiger partial charge in [0, 0.05) is 36.5 Å². The highest BCUT2D eigenvalue weighted by Crippen LogP contribution is 2.22. The van der Waals surface area contributed by atoms with Gasteiger partial charge in [0.05, 0.1) is 0 Å². The molecule has 2 nitrogen and oxygen atoms in total. The number of rotatable bonds is 3. The van der Waals surface area contributed by atoms with Gasteiger partial charge in [0.15, 0.2) is 6.29 Å². The summed E-state index contributed by atoms with van der Waals surface area (Å²) in [6.45, 7) is 0. The Bertz CT molecular complexity index is 358. The maximum atomic E-state index is 10.8. The number of hydrogen-bond donors (Lipinski definition) is 0. The van der Waals surface area contributed by atoms with Crippen molar-refractivity contribution < 1.29 is 4.79 Å². The lowest BCUT2D eigenvalue weighted by Gasteiger charge is -2.08. The van der Waals surface area contributed by atoms with Crippen LogP contribution < -0.4 is 0 Å². The van der Waals surface area contributed by atoms with E-state index in [-0.39, 0.29) is 0 Å². The molecule has 0 aliphatic carbocycles. The van der Waals surface area contributed by atoms with Crippen LogP contribution in [0.5, 0.6) is 0 Å². The summed E-state index contributed by atoms with van der Waals surface area (Å²) in [5, 5.41) is 0.590. The first-order chi connectivity index (χ1) is 6.65. The van der Waals surface area contributed by atoms with E-state index in [1.165, 1.54) is 0 Å². The van der Waals surface area contributed by atoms with Gasteiger partial charge in [0.1, 0.15) is 0 Å². The van der Waals surface area contributed by atoms with E-state index in [4.69, 9.17) is 11.6 Å². The van der Waals surface area contributed by atoms with Gasteiger partial charge in [-0.3, -0.25) is 4.79 Å². The summed E-state index contributed by atoms with van der Waals surface area (Å²) < 4.78 is 0. The summed E-state index contributed by atoms with van der Waals surface area (Å²) in [6, 6.07) is 7.29. The second kappa shape index (κ2) is 4.82. The van der Waals surface area contributed by atoms with Gasteiger partial charge in [-0.05, 0) is 6.07 Å². The van der Waals surface area contributed by atoms with Crippen molar-refractivity contribution in [3.8, 4) is 0 Å². The lowest BCUT2D eigenvalue weighted by atomic mass is 10.1. The molecule has 0 atom stereocenters. The standard InChI is InChI=1S/C11H12ClNO/c1-13(2)7-9(8-14)10-5-3-4-6-11(10)12/h3-8H,1-2H3/b9-7+. The molecule has 0 aliphatic rings. The van der Waals surface area contributed by atoms with Crippen LogP contribution in [0, 0.1) is 0 Å². The lowest BCUT2D eigenvalue weighted by Crippen LogP contribution is -2.03. The normalized spacial score (nSPS) is 11.2. The molecule has 0 unspecified atom stereocenters. The van der Waals surface area contributed by atoms with E-state index in [1.807, 2.05) is 37.2 Å². The van der Waals surface area contributed by atoms with Gasteiger partial charge in [-0.15, -0.1) is 0 Å². The van der Waals surface area contributed by atoms with E-state index < -0.39 is 0 Å². The number of carbonyl (C=O) groups is 1. The fourth-order valence-corrected chi connectivity index (χ4v) is 1.38. The molecular weight excluding hydrogens is 198 g/mol. The van der Waals surface area contributed by atoms with Crippen molar-refractivity contribution in [2.75, 3.05) is 14.1 Å².